The molecular weight excluding hydrogens is 311 g/mol. The summed E-state index contributed by atoms with van der Waals surface area (Å²) in [4.78, 5) is 13.8. The van der Waals surface area contributed by atoms with Gasteiger partial charge in [0.1, 0.15) is 11.5 Å². The Hall–Kier alpha value is -2.79. The summed E-state index contributed by atoms with van der Waals surface area (Å²) in [5.41, 5.74) is 1.95. The van der Waals surface area contributed by atoms with Crippen molar-refractivity contribution in [2.75, 3.05) is 4.90 Å². The number of hydrogen-bond acceptors (Lipinski definition) is 2. The molecule has 1 saturated heterocycles. The van der Waals surface area contributed by atoms with Crippen LogP contribution in [0, 0.1) is 5.82 Å². The van der Waals surface area contributed by atoms with Crippen LogP contribution in [0.3, 0.4) is 0 Å². The van der Waals surface area contributed by atoms with Gasteiger partial charge in [-0.05, 0) is 48.1 Å². The van der Waals surface area contributed by atoms with Gasteiger partial charge in [-0.2, -0.15) is 0 Å². The number of rotatable bonds is 3. The molecule has 0 radical (unpaired) electrons. The minimum Gasteiger partial charge on any atom is -0.327 e. The minimum atomic E-state index is -0.360. The van der Waals surface area contributed by atoms with Crippen LogP contribution in [-0.2, 0) is 4.79 Å². The second-order valence-corrected chi connectivity index (χ2v) is 5.28. The van der Waals surface area contributed by atoms with Crippen molar-refractivity contribution in [3.05, 3.63) is 83.8 Å². The number of allylic oxidation sites excluding steroid dienone is 2. The van der Waals surface area contributed by atoms with E-state index >= 15 is 0 Å². The number of nitrogens with zero attached hydrogens (tertiary/aromatic N) is 1. The first-order valence-electron chi connectivity index (χ1n) is 6.99. The number of benzene rings is 2. The van der Waals surface area contributed by atoms with Crippen LogP contribution in [0.2, 0.25) is 0 Å². The van der Waals surface area contributed by atoms with E-state index in [1.165, 1.54) is 29.2 Å². The van der Waals surface area contributed by atoms with Crippen molar-refractivity contribution in [2.24, 2.45) is 0 Å². The van der Waals surface area contributed by atoms with Gasteiger partial charge in [-0.15, -0.1) is 0 Å². The molecule has 0 saturated carbocycles. The summed E-state index contributed by atoms with van der Waals surface area (Å²) in [7, 11) is 0. The van der Waals surface area contributed by atoms with E-state index in [2.05, 4.69) is 5.32 Å². The summed E-state index contributed by atoms with van der Waals surface area (Å²) in [6, 6.07) is 15.4. The maximum Gasteiger partial charge on any atom is 0.281 e. The molecule has 3 nitrogen and oxygen atoms in total. The molecule has 0 unspecified atom stereocenters. The number of nitrogens with one attached hydrogen (secondary N) is 1. The van der Waals surface area contributed by atoms with Crippen molar-refractivity contribution >= 4 is 35.0 Å². The third-order valence-corrected chi connectivity index (χ3v) is 3.60. The molecule has 1 aliphatic heterocycles. The molecule has 2 aromatic carbocycles. The summed E-state index contributed by atoms with van der Waals surface area (Å²) in [5.74, 6) is -0.625. The molecule has 0 bridgehead atoms. The Morgan fingerprint density at radius 3 is 2.43 bits per heavy atom. The zero-order valence-corrected chi connectivity index (χ0v) is 12.9. The predicted molar refractivity (Wildman–Crippen MR) is 93.2 cm³/mol. The van der Waals surface area contributed by atoms with E-state index in [0.717, 1.165) is 5.56 Å². The zero-order valence-electron chi connectivity index (χ0n) is 12.1. The molecule has 2 aromatic rings. The Morgan fingerprint density at radius 1 is 1.04 bits per heavy atom. The normalized spacial score (nSPS) is 16.4. The van der Waals surface area contributed by atoms with Gasteiger partial charge >= 0.3 is 0 Å². The van der Waals surface area contributed by atoms with Crippen LogP contribution in [0.5, 0.6) is 0 Å². The maximum absolute atomic E-state index is 13.0. The fraction of sp³-hybridized carbons (Fsp3) is 0. The Labute approximate surface area is 138 Å². The predicted octanol–water partition coefficient (Wildman–Crippen LogP) is 3.64. The van der Waals surface area contributed by atoms with Gasteiger partial charge < -0.3 is 5.32 Å². The Morgan fingerprint density at radius 2 is 1.74 bits per heavy atom. The first kappa shape index (κ1) is 15.1. The smallest absolute Gasteiger partial charge is 0.281 e. The van der Waals surface area contributed by atoms with Gasteiger partial charge in [0.05, 0.1) is 5.69 Å². The van der Waals surface area contributed by atoms with Crippen LogP contribution in [-0.4, -0.2) is 11.0 Å². The highest BCUT2D eigenvalue weighted by atomic mass is 32.1. The third-order valence-electron chi connectivity index (χ3n) is 3.31. The summed E-state index contributed by atoms with van der Waals surface area (Å²) in [5, 5.41) is 3.16. The van der Waals surface area contributed by atoms with E-state index in [-0.39, 0.29) is 16.8 Å². The van der Waals surface area contributed by atoms with E-state index in [4.69, 9.17) is 12.2 Å². The van der Waals surface area contributed by atoms with Gasteiger partial charge in [-0.1, -0.05) is 42.5 Å². The second-order valence-electron chi connectivity index (χ2n) is 4.90. The van der Waals surface area contributed by atoms with Crippen molar-refractivity contribution in [3.63, 3.8) is 0 Å². The highest BCUT2D eigenvalue weighted by Gasteiger charge is 2.31. The number of carbonyl (C=O) groups excluding carboxylic acids is 1. The number of anilines is 1. The molecule has 1 heterocycles. The molecule has 3 rings (SSSR count). The Bertz CT molecular complexity index is 798. The van der Waals surface area contributed by atoms with Crippen LogP contribution in [0.1, 0.15) is 5.56 Å². The van der Waals surface area contributed by atoms with Crippen molar-refractivity contribution in [2.45, 2.75) is 0 Å². The van der Waals surface area contributed by atoms with E-state index in [1.54, 1.807) is 12.2 Å². The highest BCUT2D eigenvalue weighted by molar-refractivity contribution is 7.80. The van der Waals surface area contributed by atoms with Crippen LogP contribution < -0.4 is 10.2 Å². The average molecular weight is 324 g/mol. The molecule has 0 spiro atoms. The van der Waals surface area contributed by atoms with Crippen LogP contribution in [0.4, 0.5) is 10.1 Å². The number of hydrogen-bond donors (Lipinski definition) is 1. The van der Waals surface area contributed by atoms with Crippen molar-refractivity contribution < 1.29 is 9.18 Å². The highest BCUT2D eigenvalue weighted by Crippen LogP contribution is 2.21. The Kier molecular flexibility index (Phi) is 4.30. The molecule has 1 amide bonds. The Balaban J connectivity index is 1.79. The van der Waals surface area contributed by atoms with Crippen LogP contribution >= 0.6 is 12.2 Å². The molecule has 1 aliphatic rings. The molecule has 0 aromatic heterocycles. The topological polar surface area (TPSA) is 32.3 Å². The molecule has 0 aliphatic carbocycles. The maximum atomic E-state index is 13.0. The van der Waals surface area contributed by atoms with Gasteiger partial charge in [0.15, 0.2) is 5.11 Å². The number of thiocarbonyl (C=S) groups is 1. The fourth-order valence-electron chi connectivity index (χ4n) is 2.19. The number of halogens is 1. The SMILES string of the molecule is O=C1/C(=C/C=C/c2ccccc2)NC(=S)N1c1ccc(F)cc1. The molecular formula is C18H13FN2OS. The lowest BCUT2D eigenvalue weighted by molar-refractivity contribution is -0.113. The standard InChI is InChI=1S/C18H13FN2OS/c19-14-9-11-15(12-10-14)21-17(22)16(20-18(21)23)8-4-7-13-5-2-1-3-6-13/h1-12H,(H,20,23)/b7-4+,16-8-. The van der Waals surface area contributed by atoms with Gasteiger partial charge in [-0.3, -0.25) is 9.69 Å². The second kappa shape index (κ2) is 6.54. The first-order chi connectivity index (χ1) is 11.1. The zero-order chi connectivity index (χ0) is 16.2. The quantitative estimate of drug-likeness (QED) is 0.691. The van der Waals surface area contributed by atoms with Gasteiger partial charge in [0, 0.05) is 0 Å². The molecule has 0 atom stereocenters. The van der Waals surface area contributed by atoms with Crippen LogP contribution in [0.25, 0.3) is 6.08 Å². The molecule has 114 valence electrons. The summed E-state index contributed by atoms with van der Waals surface area (Å²) in [6.45, 7) is 0. The van der Waals surface area contributed by atoms with E-state index in [9.17, 15) is 9.18 Å². The number of carbonyl (C=O) groups is 1. The molecule has 1 N–H and O–H groups in total. The lowest BCUT2D eigenvalue weighted by atomic mass is 10.2. The first-order valence-corrected chi connectivity index (χ1v) is 7.40. The van der Waals surface area contributed by atoms with Crippen LogP contribution in [0.15, 0.2) is 72.4 Å². The summed E-state index contributed by atoms with van der Waals surface area (Å²) < 4.78 is 13.0. The van der Waals surface area contributed by atoms with Gasteiger partial charge in [-0.25, -0.2) is 4.39 Å². The molecule has 23 heavy (non-hydrogen) atoms. The van der Waals surface area contributed by atoms with Crippen molar-refractivity contribution in [1.82, 2.24) is 5.32 Å². The average Bonchev–Trinajstić information content (AvgIpc) is 2.84. The fourth-order valence-corrected chi connectivity index (χ4v) is 2.49. The number of amides is 1. The van der Waals surface area contributed by atoms with Gasteiger partial charge in [0.25, 0.3) is 5.91 Å². The minimum absolute atomic E-state index is 0.265. The summed E-state index contributed by atoms with van der Waals surface area (Å²) in [6.07, 6.45) is 5.35. The van der Waals surface area contributed by atoms with Crippen molar-refractivity contribution in [1.29, 1.82) is 0 Å². The lowest BCUT2D eigenvalue weighted by Crippen LogP contribution is -2.30. The lowest BCUT2D eigenvalue weighted by Gasteiger charge is -2.13. The monoisotopic (exact) mass is 324 g/mol. The summed E-state index contributed by atoms with van der Waals surface area (Å²) >= 11 is 5.19. The third kappa shape index (κ3) is 3.35. The molecule has 5 heteroatoms. The van der Waals surface area contributed by atoms with Crippen molar-refractivity contribution in [3.8, 4) is 0 Å². The van der Waals surface area contributed by atoms with Gasteiger partial charge in [0.2, 0.25) is 0 Å². The van der Waals surface area contributed by atoms with E-state index < -0.39 is 0 Å². The van der Waals surface area contributed by atoms with E-state index in [0.29, 0.717) is 11.4 Å². The molecule has 1 fully saturated rings. The van der Waals surface area contributed by atoms with E-state index in [1.807, 2.05) is 36.4 Å². The largest absolute Gasteiger partial charge is 0.327 e.